The average Bonchev–Trinajstić information content (AvgIpc) is 3.69. The molecule has 7 atom stereocenters. The van der Waals surface area contributed by atoms with Crippen molar-refractivity contribution in [2.75, 3.05) is 13.6 Å². The fraction of sp³-hybridized carbons (Fsp3) is 0.565. The molecule has 7 unspecified atom stereocenters. The van der Waals surface area contributed by atoms with Crippen LogP contribution >= 0.6 is 11.3 Å². The Kier molecular flexibility index (Phi) is 17.6. The molecule has 2 amide bonds. The van der Waals surface area contributed by atoms with Gasteiger partial charge in [0.1, 0.15) is 10.7 Å². The second-order valence-electron chi connectivity index (χ2n) is 16.7. The fourth-order valence-corrected chi connectivity index (χ4v) is 8.75. The van der Waals surface area contributed by atoms with Gasteiger partial charge in [-0.3, -0.25) is 28.9 Å². The van der Waals surface area contributed by atoms with Crippen molar-refractivity contribution < 1.29 is 33.8 Å². The maximum Gasteiger partial charge on any atom is 0.306 e. The predicted octanol–water partition coefficient (Wildman–Crippen LogP) is 8.06. The minimum atomic E-state index is -0.943. The summed E-state index contributed by atoms with van der Waals surface area (Å²) in [6.07, 6.45) is 3.78. The van der Waals surface area contributed by atoms with Crippen molar-refractivity contribution in [3.63, 3.8) is 0 Å². The summed E-state index contributed by atoms with van der Waals surface area (Å²) in [6, 6.07) is 16.6. The molecule has 1 aliphatic rings. The normalized spacial score (nSPS) is 17.7. The second kappa shape index (κ2) is 22.1. The van der Waals surface area contributed by atoms with Crippen LogP contribution in [0, 0.1) is 30.6 Å². The number of carbonyl (C=O) groups excluding carboxylic acids is 4. The molecule has 1 saturated heterocycles. The zero-order chi connectivity index (χ0) is 42.5. The number of aliphatic carboxylic acids is 1. The van der Waals surface area contributed by atoms with Crippen molar-refractivity contribution in [3.8, 4) is 0 Å². The number of likely N-dealkylation sites (tertiary alicyclic amines) is 1. The molecule has 58 heavy (non-hydrogen) atoms. The molecule has 12 heteroatoms. The van der Waals surface area contributed by atoms with Gasteiger partial charge in [-0.1, -0.05) is 108 Å². The van der Waals surface area contributed by atoms with Gasteiger partial charge in [-0.25, -0.2) is 4.98 Å². The number of ketones is 1. The number of carboxylic acids is 1. The third kappa shape index (κ3) is 13.3. The molecular weight excluding hydrogens is 753 g/mol. The van der Waals surface area contributed by atoms with Crippen molar-refractivity contribution in [2.24, 2.45) is 23.7 Å². The summed E-state index contributed by atoms with van der Waals surface area (Å²) in [7, 11) is 1.99. The van der Waals surface area contributed by atoms with Crippen molar-refractivity contribution in [1.29, 1.82) is 0 Å². The highest BCUT2D eigenvalue weighted by molar-refractivity contribution is 7.09. The van der Waals surface area contributed by atoms with Crippen LogP contribution in [0.3, 0.4) is 0 Å². The lowest BCUT2D eigenvalue weighted by Gasteiger charge is -2.40. The number of benzene rings is 2. The number of ether oxygens (including phenoxy) is 1. The molecular formula is C46H64N4O7S. The van der Waals surface area contributed by atoms with Gasteiger partial charge < -0.3 is 20.1 Å². The number of esters is 1. The maximum atomic E-state index is 15.0. The number of hydrogen-bond acceptors (Lipinski definition) is 9. The first-order valence-electron chi connectivity index (χ1n) is 20.9. The molecule has 0 aliphatic carbocycles. The van der Waals surface area contributed by atoms with E-state index in [9.17, 15) is 24.3 Å². The molecule has 1 aromatic heterocycles. The fourth-order valence-electron chi connectivity index (χ4n) is 7.91. The number of nitrogens with one attached hydrogen (secondary N) is 1. The Balaban J connectivity index is 1.64. The quantitative estimate of drug-likeness (QED) is 0.102. The molecule has 2 N–H and O–H groups in total. The van der Waals surface area contributed by atoms with Gasteiger partial charge in [0.15, 0.2) is 11.9 Å². The molecule has 1 aliphatic heterocycles. The van der Waals surface area contributed by atoms with Gasteiger partial charge in [-0.05, 0) is 69.2 Å². The van der Waals surface area contributed by atoms with Gasteiger partial charge in [0.2, 0.25) is 5.91 Å². The Labute approximate surface area is 348 Å². The van der Waals surface area contributed by atoms with E-state index in [1.54, 1.807) is 12.3 Å². The molecule has 11 nitrogen and oxygen atoms in total. The van der Waals surface area contributed by atoms with Crippen LogP contribution in [0.25, 0.3) is 0 Å². The van der Waals surface area contributed by atoms with Gasteiger partial charge >= 0.3 is 11.9 Å². The standard InChI is InChI=1S/C46H64N4O7S/c1-9-31(5)37(25-41(52)39-17-13-14-22-49(39)8)45(54)50(27-35-15-11-10-12-16-35)40(29(2)3)26-42(57-33(7)51)44-48-38(28-58-44)43(53)47-36(23-32(6)46(55)56)24-34-20-18-30(4)19-21-34/h10-12,15-16,18-21,28-29,31-32,36-37,39-40,42H,9,13-14,17,22-27H2,1-8H3,(H,47,53)(H,55,56). The zero-order valence-electron chi connectivity index (χ0n) is 35.6. The lowest BCUT2D eigenvalue weighted by atomic mass is 9.82. The van der Waals surface area contributed by atoms with Crippen LogP contribution in [0.1, 0.15) is 125 Å². The number of aromatic nitrogens is 1. The van der Waals surface area contributed by atoms with E-state index >= 15 is 4.79 Å². The predicted molar refractivity (Wildman–Crippen MR) is 227 cm³/mol. The SMILES string of the molecule is CCC(C)C(CC(=O)C1CCCCN1C)C(=O)N(Cc1ccccc1)C(CC(OC(C)=O)c1nc(C(=O)NC(Cc2ccc(C)cc2)CC(C)C(=O)O)cs1)C(C)C. The lowest BCUT2D eigenvalue weighted by Crippen LogP contribution is -2.49. The Bertz CT molecular complexity index is 1810. The lowest BCUT2D eigenvalue weighted by molar-refractivity contribution is -0.150. The molecule has 3 aromatic rings. The smallest absolute Gasteiger partial charge is 0.306 e. The highest BCUT2D eigenvalue weighted by Gasteiger charge is 2.39. The zero-order valence-corrected chi connectivity index (χ0v) is 36.4. The summed E-state index contributed by atoms with van der Waals surface area (Å²) in [6.45, 7) is 14.3. The number of hydrogen-bond donors (Lipinski definition) is 2. The number of aryl methyl sites for hydroxylation is 1. The van der Waals surface area contributed by atoms with Crippen molar-refractivity contribution in [1.82, 2.24) is 20.1 Å². The molecule has 0 bridgehead atoms. The van der Waals surface area contributed by atoms with Gasteiger partial charge in [-0.15, -0.1) is 11.3 Å². The van der Waals surface area contributed by atoms with E-state index in [0.717, 1.165) is 48.9 Å². The molecule has 1 fully saturated rings. The van der Waals surface area contributed by atoms with Gasteiger partial charge in [0.25, 0.3) is 5.91 Å². The summed E-state index contributed by atoms with van der Waals surface area (Å²) in [5.41, 5.74) is 3.15. The first-order chi connectivity index (χ1) is 27.6. The van der Waals surface area contributed by atoms with Crippen LogP contribution in [0.4, 0.5) is 0 Å². The minimum Gasteiger partial charge on any atom is -0.481 e. The topological polar surface area (TPSA) is 146 Å². The first kappa shape index (κ1) is 46.3. The third-order valence-electron chi connectivity index (χ3n) is 11.7. The Morgan fingerprint density at radius 1 is 0.983 bits per heavy atom. The summed E-state index contributed by atoms with van der Waals surface area (Å²) >= 11 is 1.20. The third-order valence-corrected chi connectivity index (χ3v) is 12.6. The van der Waals surface area contributed by atoms with Crippen LogP contribution in [0.5, 0.6) is 0 Å². The van der Waals surface area contributed by atoms with Gasteiger partial charge in [-0.2, -0.15) is 0 Å². The Morgan fingerprint density at radius 2 is 1.67 bits per heavy atom. The number of carboxylic acid groups (broad SMARTS) is 1. The largest absolute Gasteiger partial charge is 0.481 e. The number of rotatable bonds is 21. The van der Waals surface area contributed by atoms with E-state index in [0.29, 0.717) is 18.0 Å². The molecule has 2 aromatic carbocycles. The van der Waals surface area contributed by atoms with Crippen LogP contribution in [0.2, 0.25) is 0 Å². The van der Waals surface area contributed by atoms with Crippen molar-refractivity contribution in [3.05, 3.63) is 87.4 Å². The summed E-state index contributed by atoms with van der Waals surface area (Å²) in [5.74, 6) is -3.25. The van der Waals surface area contributed by atoms with Crippen molar-refractivity contribution >= 4 is 40.9 Å². The second-order valence-corrected chi connectivity index (χ2v) is 17.5. The number of thiazole rings is 1. The van der Waals surface area contributed by atoms with E-state index in [4.69, 9.17) is 4.74 Å². The Morgan fingerprint density at radius 3 is 2.28 bits per heavy atom. The summed E-state index contributed by atoms with van der Waals surface area (Å²) < 4.78 is 5.94. The van der Waals surface area contributed by atoms with E-state index in [1.807, 2.05) is 101 Å². The Hall–Kier alpha value is -4.42. The molecule has 0 saturated carbocycles. The number of amides is 2. The van der Waals surface area contributed by atoms with Gasteiger partial charge in [0.05, 0.1) is 12.0 Å². The highest BCUT2D eigenvalue weighted by atomic mass is 32.1. The van der Waals surface area contributed by atoms with Crippen LogP contribution in [0.15, 0.2) is 60.0 Å². The number of nitrogens with zero attached hydrogens (tertiary/aromatic N) is 3. The monoisotopic (exact) mass is 816 g/mol. The molecule has 0 spiro atoms. The number of likely N-dealkylation sites (N-methyl/N-ethyl adjacent to an activating group) is 1. The molecule has 2 heterocycles. The molecule has 4 rings (SSSR count). The van der Waals surface area contributed by atoms with Crippen molar-refractivity contribution in [2.45, 2.75) is 131 Å². The van der Waals surface area contributed by atoms with Crippen LogP contribution in [-0.2, 0) is 36.9 Å². The number of Topliss-reactive ketones (excluding diaryl/α,β-unsaturated/α-hetero) is 1. The minimum absolute atomic E-state index is 0.0472. The first-order valence-corrected chi connectivity index (χ1v) is 21.7. The average molecular weight is 817 g/mol. The summed E-state index contributed by atoms with van der Waals surface area (Å²) in [5, 5.41) is 14.7. The van der Waals surface area contributed by atoms with E-state index in [-0.39, 0.29) is 54.5 Å². The van der Waals surface area contributed by atoms with Crippen LogP contribution < -0.4 is 5.32 Å². The maximum absolute atomic E-state index is 15.0. The van der Waals surface area contributed by atoms with E-state index in [2.05, 4.69) is 15.2 Å². The highest BCUT2D eigenvalue weighted by Crippen LogP contribution is 2.34. The molecule has 316 valence electrons. The van der Waals surface area contributed by atoms with Crippen LogP contribution in [-0.4, -0.2) is 81.1 Å². The van der Waals surface area contributed by atoms with E-state index < -0.39 is 47.9 Å². The van der Waals surface area contributed by atoms with Gasteiger partial charge in [0, 0.05) is 49.7 Å². The number of piperidine rings is 1. The molecule has 0 radical (unpaired) electrons. The van der Waals surface area contributed by atoms with E-state index in [1.165, 1.54) is 18.3 Å². The number of carbonyl (C=O) groups is 5. The summed E-state index contributed by atoms with van der Waals surface area (Å²) in [4.78, 5) is 75.8.